The van der Waals surface area contributed by atoms with Gasteiger partial charge >= 0.3 is 0 Å². The van der Waals surface area contributed by atoms with Gasteiger partial charge in [0.1, 0.15) is 10.6 Å². The first-order valence-electron chi connectivity index (χ1n) is 10.1. The number of ether oxygens (including phenoxy) is 1. The Morgan fingerprint density at radius 3 is 2.63 bits per heavy atom. The van der Waals surface area contributed by atoms with Crippen LogP contribution in [0, 0.1) is 0 Å². The van der Waals surface area contributed by atoms with E-state index < -0.39 is 10.0 Å². The van der Waals surface area contributed by atoms with Crippen molar-refractivity contribution in [3.63, 3.8) is 0 Å². The quantitative estimate of drug-likeness (QED) is 0.553. The average Bonchev–Trinajstić information content (AvgIpc) is 3.29. The molecule has 0 saturated carbocycles. The molecule has 1 fully saturated rings. The molecule has 2 heterocycles. The topological polar surface area (TPSA) is 114 Å². The number of nitrogens with one attached hydrogen (secondary N) is 2. The molecular formula is C20H27N5O4S. The Morgan fingerprint density at radius 1 is 1.20 bits per heavy atom. The molecular weight excluding hydrogens is 406 g/mol. The van der Waals surface area contributed by atoms with Gasteiger partial charge in [-0.05, 0) is 50.5 Å². The van der Waals surface area contributed by atoms with E-state index in [0.717, 1.165) is 12.8 Å². The zero-order chi connectivity index (χ0) is 21.4. The lowest BCUT2D eigenvalue weighted by atomic mass is 10.2. The third kappa shape index (κ3) is 5.67. The van der Waals surface area contributed by atoms with Gasteiger partial charge in [0.15, 0.2) is 0 Å². The predicted octanol–water partition coefficient (Wildman–Crippen LogP) is 2.49. The van der Waals surface area contributed by atoms with Crippen LogP contribution in [-0.2, 0) is 14.8 Å². The van der Waals surface area contributed by atoms with Crippen LogP contribution >= 0.6 is 0 Å². The lowest BCUT2D eigenvalue weighted by Gasteiger charge is -2.19. The molecule has 1 aromatic heterocycles. The number of carbonyl (C=O) groups excluding carboxylic acids is 1. The summed E-state index contributed by atoms with van der Waals surface area (Å²) < 4.78 is 33.0. The van der Waals surface area contributed by atoms with Crippen molar-refractivity contribution in [1.29, 1.82) is 0 Å². The van der Waals surface area contributed by atoms with Crippen molar-refractivity contribution in [2.75, 3.05) is 36.9 Å². The maximum atomic E-state index is 13.0. The van der Waals surface area contributed by atoms with Gasteiger partial charge < -0.3 is 15.4 Å². The van der Waals surface area contributed by atoms with Gasteiger partial charge in [-0.25, -0.2) is 18.4 Å². The highest BCUT2D eigenvalue weighted by Crippen LogP contribution is 2.31. The first-order valence-corrected chi connectivity index (χ1v) is 11.5. The zero-order valence-corrected chi connectivity index (χ0v) is 17.8. The molecule has 0 atom stereocenters. The van der Waals surface area contributed by atoms with E-state index in [4.69, 9.17) is 4.74 Å². The average molecular weight is 434 g/mol. The third-order valence-corrected chi connectivity index (χ3v) is 6.56. The number of carbonyl (C=O) groups is 1. The maximum Gasteiger partial charge on any atom is 0.246 e. The number of sulfonamides is 1. The molecule has 1 aliphatic rings. The van der Waals surface area contributed by atoms with Crippen LogP contribution in [0.4, 0.5) is 11.6 Å². The predicted molar refractivity (Wildman–Crippen MR) is 114 cm³/mol. The van der Waals surface area contributed by atoms with Crippen molar-refractivity contribution >= 4 is 27.6 Å². The molecule has 1 amide bonds. The van der Waals surface area contributed by atoms with Gasteiger partial charge in [-0.3, -0.25) is 4.79 Å². The van der Waals surface area contributed by atoms with E-state index in [1.165, 1.54) is 10.4 Å². The fourth-order valence-corrected chi connectivity index (χ4v) is 4.87. The summed E-state index contributed by atoms with van der Waals surface area (Å²) in [7, 11) is -3.67. The molecule has 1 aromatic carbocycles. The SMILES string of the molecule is CCOc1ccc(NC(=O)CCCNc2ncccn2)cc1S(=O)(=O)N1CCCC1. The molecule has 30 heavy (non-hydrogen) atoms. The van der Waals surface area contributed by atoms with Crippen molar-refractivity contribution < 1.29 is 17.9 Å². The molecule has 3 rings (SSSR count). The summed E-state index contributed by atoms with van der Waals surface area (Å²) in [5, 5.41) is 5.82. The van der Waals surface area contributed by atoms with Gasteiger partial charge in [0.2, 0.25) is 21.9 Å². The largest absolute Gasteiger partial charge is 0.492 e. The molecule has 2 N–H and O–H groups in total. The Kier molecular flexibility index (Phi) is 7.58. The van der Waals surface area contributed by atoms with Gasteiger partial charge in [-0.2, -0.15) is 4.31 Å². The van der Waals surface area contributed by atoms with Crippen molar-refractivity contribution in [1.82, 2.24) is 14.3 Å². The van der Waals surface area contributed by atoms with Gasteiger partial charge in [-0.15, -0.1) is 0 Å². The van der Waals surface area contributed by atoms with Crippen molar-refractivity contribution in [3.05, 3.63) is 36.7 Å². The van der Waals surface area contributed by atoms with E-state index in [2.05, 4.69) is 20.6 Å². The van der Waals surface area contributed by atoms with Crippen LogP contribution in [-0.4, -0.2) is 54.8 Å². The fraction of sp³-hybridized carbons (Fsp3) is 0.450. The number of amides is 1. The molecule has 0 bridgehead atoms. The Hall–Kier alpha value is -2.72. The number of nitrogens with zero attached hydrogens (tertiary/aromatic N) is 3. The smallest absolute Gasteiger partial charge is 0.246 e. The number of aromatic nitrogens is 2. The molecule has 162 valence electrons. The molecule has 1 saturated heterocycles. The monoisotopic (exact) mass is 433 g/mol. The number of anilines is 2. The summed E-state index contributed by atoms with van der Waals surface area (Å²) in [5.41, 5.74) is 0.431. The van der Waals surface area contributed by atoms with Crippen LogP contribution in [0.2, 0.25) is 0 Å². The minimum absolute atomic E-state index is 0.0898. The Bertz CT molecular complexity index is 947. The van der Waals surface area contributed by atoms with E-state index >= 15 is 0 Å². The van der Waals surface area contributed by atoms with Crippen LogP contribution in [0.25, 0.3) is 0 Å². The fourth-order valence-electron chi connectivity index (χ4n) is 3.19. The van der Waals surface area contributed by atoms with Gasteiger partial charge in [-0.1, -0.05) is 0 Å². The second-order valence-corrected chi connectivity index (χ2v) is 8.76. The Balaban J connectivity index is 1.62. The molecule has 0 unspecified atom stereocenters. The highest BCUT2D eigenvalue weighted by molar-refractivity contribution is 7.89. The number of hydrogen-bond donors (Lipinski definition) is 2. The molecule has 10 heteroatoms. The lowest BCUT2D eigenvalue weighted by Crippen LogP contribution is -2.28. The Morgan fingerprint density at radius 2 is 1.93 bits per heavy atom. The second kappa shape index (κ2) is 10.4. The van der Waals surface area contributed by atoms with Crippen LogP contribution in [0.3, 0.4) is 0 Å². The van der Waals surface area contributed by atoms with Gasteiger partial charge in [0.25, 0.3) is 0 Å². The first-order chi connectivity index (χ1) is 14.5. The minimum Gasteiger partial charge on any atom is -0.492 e. The van der Waals surface area contributed by atoms with Gasteiger partial charge in [0, 0.05) is 44.1 Å². The van der Waals surface area contributed by atoms with E-state index in [1.54, 1.807) is 37.5 Å². The minimum atomic E-state index is -3.67. The molecule has 0 radical (unpaired) electrons. The van der Waals surface area contributed by atoms with E-state index in [9.17, 15) is 13.2 Å². The highest BCUT2D eigenvalue weighted by atomic mass is 32.2. The molecule has 9 nitrogen and oxygen atoms in total. The molecule has 1 aliphatic heterocycles. The second-order valence-electron chi connectivity index (χ2n) is 6.86. The van der Waals surface area contributed by atoms with E-state index in [0.29, 0.717) is 50.0 Å². The molecule has 0 aliphatic carbocycles. The van der Waals surface area contributed by atoms with Crippen molar-refractivity contribution in [2.45, 2.75) is 37.5 Å². The normalized spacial score (nSPS) is 14.4. The summed E-state index contributed by atoms with van der Waals surface area (Å²) >= 11 is 0. The summed E-state index contributed by atoms with van der Waals surface area (Å²) in [5.74, 6) is 0.620. The summed E-state index contributed by atoms with van der Waals surface area (Å²) in [6.45, 7) is 3.71. The molecule has 2 aromatic rings. The van der Waals surface area contributed by atoms with Crippen LogP contribution in [0.15, 0.2) is 41.6 Å². The summed E-state index contributed by atoms with van der Waals surface area (Å²) in [6, 6.07) is 6.46. The van der Waals surface area contributed by atoms with E-state index in [-0.39, 0.29) is 17.2 Å². The highest BCUT2D eigenvalue weighted by Gasteiger charge is 2.30. The lowest BCUT2D eigenvalue weighted by molar-refractivity contribution is -0.116. The zero-order valence-electron chi connectivity index (χ0n) is 17.0. The standard InChI is InChI=1S/C20H27N5O4S/c1-2-29-17-9-8-16(15-18(17)30(27,28)25-13-3-4-14-25)24-19(26)7-5-10-21-20-22-11-6-12-23-20/h6,8-9,11-12,15H,2-5,7,10,13-14H2,1H3,(H,24,26)(H,21,22,23). The van der Waals surface area contributed by atoms with Crippen molar-refractivity contribution in [3.8, 4) is 5.75 Å². The van der Waals surface area contributed by atoms with Crippen LogP contribution in [0.5, 0.6) is 5.75 Å². The number of benzene rings is 1. The van der Waals surface area contributed by atoms with Gasteiger partial charge in [0.05, 0.1) is 6.61 Å². The van der Waals surface area contributed by atoms with Crippen LogP contribution < -0.4 is 15.4 Å². The maximum absolute atomic E-state index is 13.0. The Labute approximate surface area is 176 Å². The van der Waals surface area contributed by atoms with Crippen molar-refractivity contribution in [2.24, 2.45) is 0 Å². The summed E-state index contributed by atoms with van der Waals surface area (Å²) in [4.78, 5) is 20.5. The van der Waals surface area contributed by atoms with Crippen LogP contribution in [0.1, 0.15) is 32.6 Å². The third-order valence-electron chi connectivity index (χ3n) is 4.64. The number of rotatable bonds is 10. The van der Waals surface area contributed by atoms with E-state index in [1.807, 2.05) is 0 Å². The number of hydrogen-bond acceptors (Lipinski definition) is 7. The molecule has 0 spiro atoms. The summed E-state index contributed by atoms with van der Waals surface area (Å²) in [6.07, 6.45) is 5.84. The first kappa shape index (κ1) is 22.0.